The second-order valence-corrected chi connectivity index (χ2v) is 10.2. The molecule has 2 aromatic carbocycles. The third kappa shape index (κ3) is 4.18. The average Bonchev–Trinajstić information content (AvgIpc) is 2.63. The van der Waals surface area contributed by atoms with Gasteiger partial charge in [0.25, 0.3) is 10.0 Å². The van der Waals surface area contributed by atoms with Crippen LogP contribution < -0.4 is 4.72 Å². The molecule has 1 heterocycles. The number of piperidine rings is 1. The summed E-state index contributed by atoms with van der Waals surface area (Å²) < 4.78 is 81.2. The van der Waals surface area contributed by atoms with Gasteiger partial charge in [0.15, 0.2) is 0 Å². The topological polar surface area (TPSA) is 83.6 Å². The SMILES string of the molecule is Cc1ccc(S(=O)(=O)N2CCCCC2)cc1NS(=O)(=O)c1ccc(F)cc1F. The summed E-state index contributed by atoms with van der Waals surface area (Å²) in [7, 11) is -8.13. The molecule has 1 aliphatic rings. The highest BCUT2D eigenvalue weighted by molar-refractivity contribution is 7.92. The first-order chi connectivity index (χ1) is 13.1. The minimum absolute atomic E-state index is 0.0156. The Kier molecular flexibility index (Phi) is 5.74. The maximum Gasteiger partial charge on any atom is 0.264 e. The average molecular weight is 430 g/mol. The van der Waals surface area contributed by atoms with Crippen molar-refractivity contribution in [3.05, 3.63) is 53.6 Å². The first kappa shape index (κ1) is 20.7. The van der Waals surface area contributed by atoms with Crippen LogP contribution in [0.15, 0.2) is 46.2 Å². The largest absolute Gasteiger partial charge is 0.279 e. The zero-order valence-electron chi connectivity index (χ0n) is 15.2. The number of nitrogens with zero attached hydrogens (tertiary/aromatic N) is 1. The van der Waals surface area contributed by atoms with Crippen LogP contribution in [0.4, 0.5) is 14.5 Å². The molecule has 0 aromatic heterocycles. The molecular weight excluding hydrogens is 410 g/mol. The molecule has 6 nitrogen and oxygen atoms in total. The standard InChI is InChI=1S/C18H20F2N2O4S2/c1-13-5-7-15(28(25,26)22-9-3-2-4-10-22)12-17(13)21-27(23,24)18-8-6-14(19)11-16(18)20/h5-8,11-12,21H,2-4,9-10H2,1H3. The quantitative estimate of drug-likeness (QED) is 0.789. The van der Waals surface area contributed by atoms with E-state index >= 15 is 0 Å². The maximum atomic E-state index is 13.9. The number of hydrogen-bond acceptors (Lipinski definition) is 4. The lowest BCUT2D eigenvalue weighted by Gasteiger charge is -2.26. The summed E-state index contributed by atoms with van der Waals surface area (Å²) in [6, 6.07) is 6.24. The van der Waals surface area contributed by atoms with Gasteiger partial charge in [-0.2, -0.15) is 4.31 Å². The highest BCUT2D eigenvalue weighted by Gasteiger charge is 2.27. The molecule has 2 aromatic rings. The summed E-state index contributed by atoms with van der Waals surface area (Å²) in [5.41, 5.74) is 0.477. The Morgan fingerprint density at radius 1 is 0.929 bits per heavy atom. The minimum Gasteiger partial charge on any atom is -0.279 e. The molecule has 0 aliphatic carbocycles. The normalized spacial score (nSPS) is 16.1. The molecule has 1 fully saturated rings. The monoisotopic (exact) mass is 430 g/mol. The van der Waals surface area contributed by atoms with E-state index in [1.54, 1.807) is 6.92 Å². The van der Waals surface area contributed by atoms with Crippen molar-refractivity contribution in [3.8, 4) is 0 Å². The van der Waals surface area contributed by atoms with Gasteiger partial charge in [-0.25, -0.2) is 25.6 Å². The number of anilines is 1. The summed E-state index contributed by atoms with van der Waals surface area (Å²) in [5, 5.41) is 0. The van der Waals surface area contributed by atoms with Crippen LogP contribution in [0.3, 0.4) is 0 Å². The summed E-state index contributed by atoms with van der Waals surface area (Å²) in [6.07, 6.45) is 2.51. The van der Waals surface area contributed by atoms with Gasteiger partial charge >= 0.3 is 0 Å². The molecule has 3 rings (SSSR count). The smallest absolute Gasteiger partial charge is 0.264 e. The number of rotatable bonds is 5. The predicted molar refractivity (Wildman–Crippen MR) is 101 cm³/mol. The van der Waals surface area contributed by atoms with Crippen molar-refractivity contribution in [2.24, 2.45) is 0 Å². The highest BCUT2D eigenvalue weighted by Crippen LogP contribution is 2.27. The fourth-order valence-electron chi connectivity index (χ4n) is 3.02. The molecule has 10 heteroatoms. The second kappa shape index (κ2) is 7.76. The van der Waals surface area contributed by atoms with Gasteiger partial charge in [0.05, 0.1) is 10.6 Å². The van der Waals surface area contributed by atoms with E-state index in [0.29, 0.717) is 24.7 Å². The molecule has 152 valence electrons. The first-order valence-electron chi connectivity index (χ1n) is 8.70. The van der Waals surface area contributed by atoms with Crippen molar-refractivity contribution >= 4 is 25.7 Å². The number of nitrogens with one attached hydrogen (secondary N) is 1. The Labute approximate surface area is 163 Å². The molecule has 1 N–H and O–H groups in total. The van der Waals surface area contributed by atoms with E-state index in [-0.39, 0.29) is 10.6 Å². The van der Waals surface area contributed by atoms with Crippen LogP contribution in [-0.2, 0) is 20.0 Å². The Morgan fingerprint density at radius 3 is 2.25 bits per heavy atom. The van der Waals surface area contributed by atoms with E-state index in [1.165, 1.54) is 22.5 Å². The van der Waals surface area contributed by atoms with Gasteiger partial charge in [-0.05, 0) is 49.6 Å². The van der Waals surface area contributed by atoms with Crippen LogP contribution in [0.2, 0.25) is 0 Å². The van der Waals surface area contributed by atoms with Gasteiger partial charge in [0, 0.05) is 19.2 Å². The van der Waals surface area contributed by atoms with E-state index in [1.807, 2.05) is 0 Å². The first-order valence-corrected chi connectivity index (χ1v) is 11.6. The molecule has 0 unspecified atom stereocenters. The fraction of sp³-hybridized carbons (Fsp3) is 0.333. The van der Waals surface area contributed by atoms with Crippen LogP contribution in [0.1, 0.15) is 24.8 Å². The number of halogens is 2. The fourth-order valence-corrected chi connectivity index (χ4v) is 5.74. The number of benzene rings is 2. The summed E-state index contributed by atoms with van der Waals surface area (Å²) in [4.78, 5) is -0.769. The second-order valence-electron chi connectivity index (χ2n) is 6.62. The molecular formula is C18H20F2N2O4S2. The van der Waals surface area contributed by atoms with E-state index in [2.05, 4.69) is 4.72 Å². The van der Waals surface area contributed by atoms with E-state index < -0.39 is 36.6 Å². The molecule has 0 saturated carbocycles. The molecule has 28 heavy (non-hydrogen) atoms. The van der Waals surface area contributed by atoms with E-state index in [4.69, 9.17) is 0 Å². The van der Waals surface area contributed by atoms with Crippen molar-refractivity contribution in [1.82, 2.24) is 4.31 Å². The Hall–Kier alpha value is -2.04. The van der Waals surface area contributed by atoms with Gasteiger partial charge in [0.1, 0.15) is 16.5 Å². The maximum absolute atomic E-state index is 13.9. The Bertz CT molecular complexity index is 1100. The van der Waals surface area contributed by atoms with Crippen LogP contribution in [0, 0.1) is 18.6 Å². The molecule has 1 aliphatic heterocycles. The van der Waals surface area contributed by atoms with Gasteiger partial charge in [-0.3, -0.25) is 4.72 Å². The number of hydrogen-bond donors (Lipinski definition) is 1. The third-order valence-corrected chi connectivity index (χ3v) is 7.88. The predicted octanol–water partition coefficient (Wildman–Crippen LogP) is 3.25. The van der Waals surface area contributed by atoms with Crippen molar-refractivity contribution in [3.63, 3.8) is 0 Å². The van der Waals surface area contributed by atoms with Crippen LogP contribution in [0.5, 0.6) is 0 Å². The van der Waals surface area contributed by atoms with E-state index in [0.717, 1.165) is 31.4 Å². The van der Waals surface area contributed by atoms with Crippen LogP contribution in [0.25, 0.3) is 0 Å². The summed E-state index contributed by atoms with van der Waals surface area (Å²) in [5.74, 6) is -2.13. The Morgan fingerprint density at radius 2 is 1.61 bits per heavy atom. The van der Waals surface area contributed by atoms with Gasteiger partial charge < -0.3 is 0 Å². The van der Waals surface area contributed by atoms with E-state index in [9.17, 15) is 25.6 Å². The van der Waals surface area contributed by atoms with Crippen molar-refractivity contribution < 1.29 is 25.6 Å². The van der Waals surface area contributed by atoms with Crippen molar-refractivity contribution in [2.45, 2.75) is 36.0 Å². The highest BCUT2D eigenvalue weighted by atomic mass is 32.2. The number of aryl methyl sites for hydroxylation is 1. The van der Waals surface area contributed by atoms with Crippen LogP contribution in [-0.4, -0.2) is 34.2 Å². The molecule has 0 bridgehead atoms. The number of sulfonamides is 2. The van der Waals surface area contributed by atoms with Gasteiger partial charge in [-0.15, -0.1) is 0 Å². The van der Waals surface area contributed by atoms with Gasteiger partial charge in [-0.1, -0.05) is 12.5 Å². The molecule has 0 amide bonds. The zero-order chi connectivity index (χ0) is 20.5. The van der Waals surface area contributed by atoms with Crippen molar-refractivity contribution in [2.75, 3.05) is 17.8 Å². The van der Waals surface area contributed by atoms with Crippen LogP contribution >= 0.6 is 0 Å². The summed E-state index contributed by atoms with van der Waals surface area (Å²) >= 11 is 0. The molecule has 0 atom stereocenters. The zero-order valence-corrected chi connectivity index (χ0v) is 16.8. The Balaban J connectivity index is 1.95. The van der Waals surface area contributed by atoms with Gasteiger partial charge in [0.2, 0.25) is 10.0 Å². The third-order valence-electron chi connectivity index (χ3n) is 4.59. The molecule has 0 spiro atoms. The van der Waals surface area contributed by atoms with Crippen molar-refractivity contribution in [1.29, 1.82) is 0 Å². The lowest BCUT2D eigenvalue weighted by molar-refractivity contribution is 0.346. The molecule has 1 saturated heterocycles. The lowest BCUT2D eigenvalue weighted by atomic mass is 10.2. The minimum atomic E-state index is -4.37. The summed E-state index contributed by atoms with van der Waals surface area (Å²) in [6.45, 7) is 2.42. The molecule has 0 radical (unpaired) electrons. The lowest BCUT2D eigenvalue weighted by Crippen LogP contribution is -2.35.